The van der Waals surface area contributed by atoms with Crippen LogP contribution in [0, 0.1) is 12.5 Å². The predicted octanol–water partition coefficient (Wildman–Crippen LogP) is 4.57. The van der Waals surface area contributed by atoms with Gasteiger partial charge >= 0.3 is 12.1 Å². The summed E-state index contributed by atoms with van der Waals surface area (Å²) in [5.74, 6) is -1.87. The van der Waals surface area contributed by atoms with Crippen LogP contribution in [0.2, 0.25) is 0 Å². The highest BCUT2D eigenvalue weighted by Gasteiger charge is 2.38. The Bertz CT molecular complexity index is 1330. The molecule has 10 nitrogen and oxygen atoms in total. The number of alkyl carbamates (subject to hydrolysis) is 1. The fourth-order valence-corrected chi connectivity index (χ4v) is 4.63. The van der Waals surface area contributed by atoms with Crippen molar-refractivity contribution in [2.24, 2.45) is 0 Å². The number of rotatable bonds is 12. The number of hydrogen-bond acceptors (Lipinski definition) is 8. The lowest BCUT2D eigenvalue weighted by atomic mass is 10.0. The summed E-state index contributed by atoms with van der Waals surface area (Å²) in [6.07, 6.45) is 7.19. The summed E-state index contributed by atoms with van der Waals surface area (Å²) in [6.45, 7) is 10.2. The number of carbonyl (C=O) groups is 4. The highest BCUT2D eigenvalue weighted by molar-refractivity contribution is 7.98. The summed E-state index contributed by atoms with van der Waals surface area (Å²) in [7, 11) is 0. The number of phenols is 1. The third-order valence-electron chi connectivity index (χ3n) is 5.96. The van der Waals surface area contributed by atoms with E-state index >= 15 is 0 Å². The average molecular weight is 626 g/mol. The van der Waals surface area contributed by atoms with Crippen LogP contribution in [0.15, 0.2) is 54.6 Å². The molecule has 0 radical (unpaired) electrons. The summed E-state index contributed by atoms with van der Waals surface area (Å²) in [6, 6.07) is 13.4. The Balaban J connectivity index is 2.52. The summed E-state index contributed by atoms with van der Waals surface area (Å²) in [5.41, 5.74) is -0.693. The SMILES string of the molecule is C#CN(C(=O)C(CCSC)NC(=O)OC(C)(C)C)C(C(=O)NC(Cc1ccccc1)C(=O)OC(C)(C)C)c1cccc(O)c1. The van der Waals surface area contributed by atoms with Gasteiger partial charge in [-0.2, -0.15) is 11.8 Å². The number of carbonyl (C=O) groups excluding carboxylic acids is 4. The monoisotopic (exact) mass is 625 g/mol. The molecule has 0 heterocycles. The first-order chi connectivity index (χ1) is 20.5. The van der Waals surface area contributed by atoms with Gasteiger partial charge in [0, 0.05) is 12.5 Å². The van der Waals surface area contributed by atoms with E-state index in [1.165, 1.54) is 36.0 Å². The van der Waals surface area contributed by atoms with Crippen LogP contribution in [-0.2, 0) is 30.3 Å². The number of aromatic hydroxyl groups is 1. The maximum Gasteiger partial charge on any atom is 0.408 e. The molecule has 0 aliphatic carbocycles. The van der Waals surface area contributed by atoms with Gasteiger partial charge in [0.1, 0.15) is 35.1 Å². The molecule has 0 aromatic heterocycles. The van der Waals surface area contributed by atoms with Crippen LogP contribution in [0.1, 0.15) is 65.1 Å². The molecule has 0 bridgehead atoms. The van der Waals surface area contributed by atoms with Crippen LogP contribution >= 0.6 is 11.8 Å². The molecule has 2 aromatic rings. The van der Waals surface area contributed by atoms with Crippen LogP contribution in [0.5, 0.6) is 5.75 Å². The van der Waals surface area contributed by atoms with Gasteiger partial charge in [-0.1, -0.05) is 48.9 Å². The molecule has 3 atom stereocenters. The second kappa shape index (κ2) is 16.1. The van der Waals surface area contributed by atoms with E-state index in [4.69, 9.17) is 15.9 Å². The van der Waals surface area contributed by atoms with E-state index in [9.17, 15) is 24.3 Å². The van der Waals surface area contributed by atoms with E-state index in [1.807, 2.05) is 36.6 Å². The molecule has 0 aliphatic rings. The molecule has 0 fully saturated rings. The van der Waals surface area contributed by atoms with E-state index < -0.39 is 53.2 Å². The standard InChI is InChI=1S/C33H43N3O7S/c1-9-36(29(39)25(18-19-44-8)35-31(41)43-33(5,6)7)27(23-16-13-17-24(37)21-23)28(38)34-26(30(40)42-32(2,3)4)20-22-14-11-10-12-15-22/h1,10-17,21,25-27,37H,18-20H2,2-8H3,(H,34,38)(H,35,41). The lowest BCUT2D eigenvalue weighted by Gasteiger charge is -2.32. The second-order valence-electron chi connectivity index (χ2n) is 12.1. The molecule has 11 heteroatoms. The average Bonchev–Trinajstić information content (AvgIpc) is 2.91. The van der Waals surface area contributed by atoms with Crippen molar-refractivity contribution in [3.05, 3.63) is 65.7 Å². The van der Waals surface area contributed by atoms with Crippen LogP contribution < -0.4 is 10.6 Å². The first-order valence-electron chi connectivity index (χ1n) is 14.2. The third-order valence-corrected chi connectivity index (χ3v) is 6.60. The molecule has 0 saturated carbocycles. The van der Waals surface area contributed by atoms with E-state index in [0.717, 1.165) is 10.5 Å². The van der Waals surface area contributed by atoms with E-state index in [0.29, 0.717) is 5.75 Å². The summed E-state index contributed by atoms with van der Waals surface area (Å²) in [5, 5.41) is 15.6. The predicted molar refractivity (Wildman–Crippen MR) is 171 cm³/mol. The van der Waals surface area contributed by atoms with Crippen molar-refractivity contribution in [1.82, 2.24) is 15.5 Å². The lowest BCUT2D eigenvalue weighted by molar-refractivity contribution is -0.159. The molecule has 2 aromatic carbocycles. The zero-order valence-corrected chi connectivity index (χ0v) is 27.2. The van der Waals surface area contributed by atoms with Crippen molar-refractivity contribution in [3.8, 4) is 18.2 Å². The Kier molecular flexibility index (Phi) is 13.1. The van der Waals surface area contributed by atoms with Gasteiger partial charge in [-0.15, -0.1) is 0 Å². The van der Waals surface area contributed by atoms with Crippen LogP contribution in [0.25, 0.3) is 0 Å². The number of phenolic OH excluding ortho intramolecular Hbond substituents is 1. The summed E-state index contributed by atoms with van der Waals surface area (Å²) >= 11 is 1.46. The second-order valence-corrected chi connectivity index (χ2v) is 13.1. The minimum absolute atomic E-state index is 0.106. The van der Waals surface area contributed by atoms with Crippen molar-refractivity contribution < 1.29 is 33.8 Å². The number of nitrogens with zero attached hydrogens (tertiary/aromatic N) is 1. The molecule has 3 N–H and O–H groups in total. The zero-order valence-electron chi connectivity index (χ0n) is 26.4. The Hall–Kier alpha value is -4.17. The summed E-state index contributed by atoms with van der Waals surface area (Å²) < 4.78 is 11.0. The van der Waals surface area contributed by atoms with Crippen LogP contribution in [0.3, 0.4) is 0 Å². The Morgan fingerprint density at radius 1 is 0.932 bits per heavy atom. The maximum absolute atomic E-state index is 14.1. The van der Waals surface area contributed by atoms with E-state index in [-0.39, 0.29) is 24.2 Å². The molecule has 0 saturated heterocycles. The van der Waals surface area contributed by atoms with Gasteiger partial charge in [0.25, 0.3) is 5.91 Å². The number of nitrogens with one attached hydrogen (secondary N) is 2. The molecular weight excluding hydrogens is 582 g/mol. The van der Waals surface area contributed by atoms with E-state index in [2.05, 4.69) is 16.7 Å². The largest absolute Gasteiger partial charge is 0.508 e. The van der Waals surface area contributed by atoms with Crippen molar-refractivity contribution in [1.29, 1.82) is 0 Å². The molecule has 3 amide bonds. The molecule has 0 aliphatic heterocycles. The van der Waals surface area contributed by atoms with Gasteiger partial charge in [0.2, 0.25) is 5.91 Å². The van der Waals surface area contributed by atoms with E-state index in [1.54, 1.807) is 41.5 Å². The smallest absolute Gasteiger partial charge is 0.408 e. The van der Waals surface area contributed by atoms with Gasteiger partial charge in [0.05, 0.1) is 0 Å². The van der Waals surface area contributed by atoms with Gasteiger partial charge < -0.3 is 25.2 Å². The molecule has 238 valence electrons. The quantitative estimate of drug-likeness (QED) is 0.178. The Morgan fingerprint density at radius 2 is 1.57 bits per heavy atom. The topological polar surface area (TPSA) is 134 Å². The zero-order chi connectivity index (χ0) is 33.1. The Labute approximate surface area is 264 Å². The first-order valence-corrected chi connectivity index (χ1v) is 15.6. The van der Waals surface area contributed by atoms with Crippen molar-refractivity contribution in [2.75, 3.05) is 12.0 Å². The minimum Gasteiger partial charge on any atom is -0.508 e. The number of ether oxygens (including phenoxy) is 2. The van der Waals surface area contributed by atoms with Crippen molar-refractivity contribution in [2.45, 2.75) is 83.7 Å². The molecule has 3 unspecified atom stereocenters. The Morgan fingerprint density at radius 3 is 2.11 bits per heavy atom. The number of terminal acetylenes is 1. The van der Waals surface area contributed by atoms with Crippen molar-refractivity contribution in [3.63, 3.8) is 0 Å². The number of benzene rings is 2. The minimum atomic E-state index is -1.47. The van der Waals surface area contributed by atoms with Crippen LogP contribution in [-0.4, -0.2) is 69.2 Å². The maximum atomic E-state index is 14.1. The van der Waals surface area contributed by atoms with Gasteiger partial charge in [0.15, 0.2) is 0 Å². The van der Waals surface area contributed by atoms with Crippen molar-refractivity contribution >= 4 is 35.6 Å². The van der Waals surface area contributed by atoms with Gasteiger partial charge in [-0.05, 0) is 83.2 Å². The molecule has 44 heavy (non-hydrogen) atoms. The number of thioether (sulfide) groups is 1. The molecular formula is C33H43N3O7S. The lowest BCUT2D eigenvalue weighted by Crippen LogP contribution is -2.53. The molecule has 2 rings (SSSR count). The van der Waals surface area contributed by atoms with Crippen LogP contribution in [0.4, 0.5) is 4.79 Å². The normalized spacial score (nSPS) is 13.4. The molecule has 0 spiro atoms. The number of hydrogen-bond donors (Lipinski definition) is 3. The van der Waals surface area contributed by atoms with Gasteiger partial charge in [-0.3, -0.25) is 14.5 Å². The fourth-order valence-electron chi connectivity index (χ4n) is 4.16. The highest BCUT2D eigenvalue weighted by Crippen LogP contribution is 2.26. The number of esters is 1. The highest BCUT2D eigenvalue weighted by atomic mass is 32.2. The van der Waals surface area contributed by atoms with Gasteiger partial charge in [-0.25, -0.2) is 9.59 Å². The fraction of sp³-hybridized carbons (Fsp3) is 0.455. The number of amides is 3. The third kappa shape index (κ3) is 11.8. The first kappa shape index (κ1) is 36.0. The summed E-state index contributed by atoms with van der Waals surface area (Å²) in [4.78, 5) is 54.8.